The third-order valence-corrected chi connectivity index (χ3v) is 8.80. The second-order valence-corrected chi connectivity index (χ2v) is 12.2. The molecule has 5 rings (SSSR count). The molecule has 11 nitrogen and oxygen atoms in total. The van der Waals surface area contributed by atoms with E-state index < -0.39 is 0 Å². The molecular formula is C31H39Cl2N7O4. The van der Waals surface area contributed by atoms with Gasteiger partial charge in [-0.2, -0.15) is 0 Å². The number of methoxy groups -OCH3 is 2. The standard InChI is InChI=1S/C31H39Cl2N7O4/c1-6-21(41)11-19-15-40(9-8-39(2)3)16-23(19)37-31-34-14-18-12-22(26-27(32)24(42-4)13-25(43-5)28(26)33)36-30(29(18)38-31)35-20-7-10-44-17-20/h6,12-14,19-20,23H,1,7-11,15-17H2,2-5H3,(H,35,36)(H,34,37,38)/t19-,20?,23+/m0/s1. The summed E-state index contributed by atoms with van der Waals surface area (Å²) in [5.74, 6) is 1.99. The molecule has 3 aromatic rings. The third kappa shape index (κ3) is 7.18. The first kappa shape index (κ1) is 32.2. The summed E-state index contributed by atoms with van der Waals surface area (Å²) >= 11 is 13.5. The lowest BCUT2D eigenvalue weighted by molar-refractivity contribution is -0.115. The van der Waals surface area contributed by atoms with Crippen molar-refractivity contribution in [2.24, 2.45) is 5.92 Å². The summed E-state index contributed by atoms with van der Waals surface area (Å²) < 4.78 is 16.6. The van der Waals surface area contributed by atoms with E-state index in [2.05, 4.69) is 46.1 Å². The molecule has 236 valence electrons. The molecule has 2 fully saturated rings. The second kappa shape index (κ2) is 14.3. The fraction of sp³-hybridized carbons (Fsp3) is 0.484. The average molecular weight is 645 g/mol. The lowest BCUT2D eigenvalue weighted by atomic mass is 9.97. The molecule has 44 heavy (non-hydrogen) atoms. The molecule has 2 aromatic heterocycles. The SMILES string of the molecule is C=CC(=O)C[C@H]1CN(CCN(C)C)C[C@H]1Nc1ncc2cc(-c3c(Cl)c(OC)cc(OC)c3Cl)nc(NC3CCOC3)c2n1. The third-order valence-electron chi connectivity index (χ3n) is 8.05. The number of ether oxygens (including phenoxy) is 3. The smallest absolute Gasteiger partial charge is 0.223 e. The fourth-order valence-electron chi connectivity index (χ4n) is 5.65. The Morgan fingerprint density at radius 3 is 2.55 bits per heavy atom. The van der Waals surface area contributed by atoms with Crippen LogP contribution in [0.15, 0.2) is 31.0 Å². The van der Waals surface area contributed by atoms with Crippen LogP contribution in [0.4, 0.5) is 11.8 Å². The quantitative estimate of drug-likeness (QED) is 0.254. The minimum absolute atomic E-state index is 0.00718. The summed E-state index contributed by atoms with van der Waals surface area (Å²) in [6.45, 7) is 8.32. The van der Waals surface area contributed by atoms with Gasteiger partial charge in [0, 0.05) is 74.4 Å². The van der Waals surface area contributed by atoms with Gasteiger partial charge in [-0.1, -0.05) is 29.8 Å². The molecule has 2 N–H and O–H groups in total. The van der Waals surface area contributed by atoms with Gasteiger partial charge < -0.3 is 29.7 Å². The Bertz CT molecular complexity index is 1490. The van der Waals surface area contributed by atoms with Crippen molar-refractivity contribution in [3.63, 3.8) is 0 Å². The number of hydrogen-bond acceptors (Lipinski definition) is 11. The van der Waals surface area contributed by atoms with Crippen LogP contribution in [0.25, 0.3) is 22.2 Å². The first-order valence-electron chi connectivity index (χ1n) is 14.6. The van der Waals surface area contributed by atoms with Gasteiger partial charge in [0.05, 0.1) is 42.6 Å². The van der Waals surface area contributed by atoms with Crippen molar-refractivity contribution in [1.29, 1.82) is 0 Å². The number of aromatic nitrogens is 3. The Morgan fingerprint density at radius 2 is 1.91 bits per heavy atom. The number of hydrogen-bond donors (Lipinski definition) is 2. The van der Waals surface area contributed by atoms with Crippen molar-refractivity contribution in [1.82, 2.24) is 24.8 Å². The lowest BCUT2D eigenvalue weighted by Crippen LogP contribution is -2.32. The van der Waals surface area contributed by atoms with E-state index in [9.17, 15) is 4.79 Å². The van der Waals surface area contributed by atoms with Gasteiger partial charge in [0.2, 0.25) is 5.95 Å². The molecule has 2 aliphatic heterocycles. The summed E-state index contributed by atoms with van der Waals surface area (Å²) in [4.78, 5) is 31.4. The summed E-state index contributed by atoms with van der Waals surface area (Å²) in [6, 6.07) is 3.55. The largest absolute Gasteiger partial charge is 0.495 e. The van der Waals surface area contributed by atoms with Crippen molar-refractivity contribution in [2.45, 2.75) is 24.9 Å². The number of likely N-dealkylation sites (N-methyl/N-ethyl adjacent to an activating group) is 1. The molecule has 0 amide bonds. The molecule has 1 aromatic carbocycles. The van der Waals surface area contributed by atoms with Gasteiger partial charge in [0.15, 0.2) is 11.6 Å². The number of allylic oxidation sites excluding steroid dienone is 1. The van der Waals surface area contributed by atoms with Crippen LogP contribution in [0.2, 0.25) is 10.0 Å². The number of carbonyl (C=O) groups excluding carboxylic acids is 1. The zero-order valence-electron chi connectivity index (χ0n) is 25.5. The van der Waals surface area contributed by atoms with Crippen LogP contribution in [0.5, 0.6) is 11.5 Å². The van der Waals surface area contributed by atoms with E-state index in [-0.39, 0.29) is 23.8 Å². The molecule has 0 aliphatic carbocycles. The van der Waals surface area contributed by atoms with Crippen molar-refractivity contribution >= 4 is 51.7 Å². The Labute approximate surface area is 267 Å². The minimum atomic E-state index is -0.00718. The first-order chi connectivity index (χ1) is 21.2. The van der Waals surface area contributed by atoms with E-state index in [1.54, 1.807) is 12.3 Å². The predicted molar refractivity (Wildman–Crippen MR) is 174 cm³/mol. The maximum atomic E-state index is 12.3. The van der Waals surface area contributed by atoms with Gasteiger partial charge in [-0.15, -0.1) is 0 Å². The van der Waals surface area contributed by atoms with Crippen molar-refractivity contribution in [2.75, 3.05) is 78.3 Å². The van der Waals surface area contributed by atoms with Gasteiger partial charge in [-0.3, -0.25) is 9.69 Å². The highest BCUT2D eigenvalue weighted by atomic mass is 35.5. The van der Waals surface area contributed by atoms with Gasteiger partial charge >= 0.3 is 0 Å². The number of anilines is 2. The number of benzene rings is 1. The van der Waals surface area contributed by atoms with Crippen molar-refractivity contribution in [3.8, 4) is 22.8 Å². The minimum Gasteiger partial charge on any atom is -0.495 e. The zero-order chi connectivity index (χ0) is 31.4. The maximum Gasteiger partial charge on any atom is 0.223 e. The van der Waals surface area contributed by atoms with Gasteiger partial charge in [0.1, 0.15) is 17.0 Å². The number of rotatable bonds is 13. The van der Waals surface area contributed by atoms with E-state index >= 15 is 0 Å². The average Bonchev–Trinajstić information content (AvgIpc) is 3.66. The molecular weight excluding hydrogens is 605 g/mol. The Kier molecular flexibility index (Phi) is 10.4. The summed E-state index contributed by atoms with van der Waals surface area (Å²) in [7, 11) is 7.18. The van der Waals surface area contributed by atoms with Crippen LogP contribution >= 0.6 is 23.2 Å². The van der Waals surface area contributed by atoms with Crippen LogP contribution in [-0.2, 0) is 9.53 Å². The summed E-state index contributed by atoms with van der Waals surface area (Å²) in [5.41, 5.74) is 1.64. The normalized spacial score (nSPS) is 20.3. The van der Waals surface area contributed by atoms with Crippen molar-refractivity contribution < 1.29 is 19.0 Å². The molecule has 0 spiro atoms. The van der Waals surface area contributed by atoms with Gasteiger partial charge in [-0.05, 0) is 32.7 Å². The number of pyridine rings is 1. The number of ketones is 1. The maximum absolute atomic E-state index is 12.3. The van der Waals surface area contributed by atoms with E-state index in [0.717, 1.165) is 38.0 Å². The van der Waals surface area contributed by atoms with Crippen LogP contribution in [0.3, 0.4) is 0 Å². The van der Waals surface area contributed by atoms with E-state index in [1.807, 2.05) is 6.07 Å². The molecule has 0 saturated carbocycles. The van der Waals surface area contributed by atoms with Gasteiger partial charge in [0.25, 0.3) is 0 Å². The van der Waals surface area contributed by atoms with Crippen LogP contribution < -0.4 is 20.1 Å². The highest BCUT2D eigenvalue weighted by molar-refractivity contribution is 6.41. The lowest BCUT2D eigenvalue weighted by Gasteiger charge is -2.20. The predicted octanol–water partition coefficient (Wildman–Crippen LogP) is 4.64. The number of halogens is 2. The highest BCUT2D eigenvalue weighted by Crippen LogP contribution is 2.46. The topological polar surface area (TPSA) is 114 Å². The molecule has 4 heterocycles. The summed E-state index contributed by atoms with van der Waals surface area (Å²) in [6.07, 6.45) is 4.41. The van der Waals surface area contributed by atoms with Crippen LogP contribution in [0, 0.1) is 5.92 Å². The molecule has 2 saturated heterocycles. The van der Waals surface area contributed by atoms with Crippen molar-refractivity contribution in [3.05, 3.63) is 41.0 Å². The van der Waals surface area contributed by atoms with Gasteiger partial charge in [-0.25, -0.2) is 15.0 Å². The van der Waals surface area contributed by atoms with E-state index in [0.29, 0.717) is 69.7 Å². The molecule has 3 atom stereocenters. The number of carbonyl (C=O) groups is 1. The van der Waals surface area contributed by atoms with Crippen LogP contribution in [-0.4, -0.2) is 110 Å². The monoisotopic (exact) mass is 643 g/mol. The van der Waals surface area contributed by atoms with E-state index in [4.69, 9.17) is 47.4 Å². The number of nitrogens with zero attached hydrogens (tertiary/aromatic N) is 5. The van der Waals surface area contributed by atoms with Crippen LogP contribution in [0.1, 0.15) is 12.8 Å². The molecule has 13 heteroatoms. The number of likely N-dealkylation sites (tertiary alicyclic amines) is 1. The Morgan fingerprint density at radius 1 is 1.16 bits per heavy atom. The summed E-state index contributed by atoms with van der Waals surface area (Å²) in [5, 5.41) is 8.42. The molecule has 0 radical (unpaired) electrons. The highest BCUT2D eigenvalue weighted by Gasteiger charge is 2.34. The second-order valence-electron chi connectivity index (χ2n) is 11.4. The number of nitrogens with one attached hydrogen (secondary N) is 2. The molecule has 2 aliphatic rings. The number of fused-ring (bicyclic) bond motifs is 1. The van der Waals surface area contributed by atoms with E-state index in [1.165, 1.54) is 20.3 Å². The Balaban J connectivity index is 1.52. The zero-order valence-corrected chi connectivity index (χ0v) is 27.0. The fourth-order valence-corrected chi connectivity index (χ4v) is 6.35. The molecule has 1 unspecified atom stereocenters. The molecule has 0 bridgehead atoms. The first-order valence-corrected chi connectivity index (χ1v) is 15.4. The Hall–Kier alpha value is -3.22.